The molecule has 2 amide bonds. The van der Waals surface area contributed by atoms with Crippen LogP contribution in [0.3, 0.4) is 0 Å². The summed E-state index contributed by atoms with van der Waals surface area (Å²) >= 11 is 0. The lowest BCUT2D eigenvalue weighted by molar-refractivity contribution is 0.0696. The molecule has 5 heteroatoms. The monoisotopic (exact) mass is 290 g/mol. The van der Waals surface area contributed by atoms with Crippen LogP contribution < -0.4 is 10.6 Å². The zero-order chi connectivity index (χ0) is 15.3. The SMILES string of the molecule is CCCC1(CNC(=O)NCc2cccc(C(=O)O)c2)CC1. The van der Waals surface area contributed by atoms with Gasteiger partial charge < -0.3 is 15.7 Å². The Hall–Kier alpha value is -2.04. The molecule has 0 aromatic heterocycles. The largest absolute Gasteiger partial charge is 0.478 e. The number of carbonyl (C=O) groups excluding carboxylic acids is 1. The minimum absolute atomic E-state index is 0.196. The molecule has 0 heterocycles. The minimum atomic E-state index is -0.962. The van der Waals surface area contributed by atoms with E-state index in [1.807, 2.05) is 0 Å². The highest BCUT2D eigenvalue weighted by Crippen LogP contribution is 2.48. The van der Waals surface area contributed by atoms with Crippen LogP contribution in [-0.4, -0.2) is 23.7 Å². The van der Waals surface area contributed by atoms with Crippen LogP contribution in [-0.2, 0) is 6.54 Å². The van der Waals surface area contributed by atoms with Gasteiger partial charge in [-0.2, -0.15) is 0 Å². The van der Waals surface area contributed by atoms with Crippen molar-refractivity contribution in [3.05, 3.63) is 35.4 Å². The van der Waals surface area contributed by atoms with Gasteiger partial charge in [-0.3, -0.25) is 0 Å². The van der Waals surface area contributed by atoms with Gasteiger partial charge >= 0.3 is 12.0 Å². The molecular formula is C16H22N2O3. The second-order valence-electron chi connectivity index (χ2n) is 5.79. The molecule has 0 unspecified atom stereocenters. The maximum absolute atomic E-state index is 11.8. The fraction of sp³-hybridized carbons (Fsp3) is 0.500. The van der Waals surface area contributed by atoms with Crippen LogP contribution in [0.25, 0.3) is 0 Å². The second kappa shape index (κ2) is 6.61. The summed E-state index contributed by atoms with van der Waals surface area (Å²) in [4.78, 5) is 22.6. The molecule has 1 aromatic carbocycles. The first-order valence-electron chi connectivity index (χ1n) is 7.39. The van der Waals surface area contributed by atoms with Crippen molar-refractivity contribution in [1.29, 1.82) is 0 Å². The zero-order valence-electron chi connectivity index (χ0n) is 12.3. The molecule has 0 radical (unpaired) electrons. The van der Waals surface area contributed by atoms with Crippen molar-refractivity contribution in [2.75, 3.05) is 6.54 Å². The molecular weight excluding hydrogens is 268 g/mol. The van der Waals surface area contributed by atoms with E-state index in [1.54, 1.807) is 18.2 Å². The third-order valence-corrected chi connectivity index (χ3v) is 3.99. The maximum atomic E-state index is 11.8. The number of hydrogen-bond donors (Lipinski definition) is 3. The summed E-state index contributed by atoms with van der Waals surface area (Å²) in [6.07, 6.45) is 4.70. The number of carboxylic acid groups (broad SMARTS) is 1. The predicted molar refractivity (Wildman–Crippen MR) is 80.2 cm³/mol. The Morgan fingerprint density at radius 3 is 2.67 bits per heavy atom. The third-order valence-electron chi connectivity index (χ3n) is 3.99. The van der Waals surface area contributed by atoms with Gasteiger partial charge in [0.2, 0.25) is 0 Å². The van der Waals surface area contributed by atoms with Crippen LogP contribution >= 0.6 is 0 Å². The summed E-state index contributed by atoms with van der Waals surface area (Å²) in [6.45, 7) is 3.21. The maximum Gasteiger partial charge on any atom is 0.335 e. The lowest BCUT2D eigenvalue weighted by Crippen LogP contribution is -2.38. The number of amides is 2. The number of urea groups is 1. The number of carboxylic acids is 1. The summed E-state index contributed by atoms with van der Waals surface area (Å²) in [7, 11) is 0. The first-order chi connectivity index (χ1) is 10.0. The number of rotatable bonds is 7. The van der Waals surface area contributed by atoms with Crippen LogP contribution in [0.15, 0.2) is 24.3 Å². The average Bonchev–Trinajstić information content (AvgIpc) is 3.24. The topological polar surface area (TPSA) is 78.4 Å². The van der Waals surface area contributed by atoms with E-state index in [0.29, 0.717) is 12.0 Å². The van der Waals surface area contributed by atoms with Crippen molar-refractivity contribution in [2.24, 2.45) is 5.41 Å². The molecule has 1 aliphatic rings. The number of benzene rings is 1. The fourth-order valence-corrected chi connectivity index (χ4v) is 2.55. The van der Waals surface area contributed by atoms with Crippen LogP contribution in [0.1, 0.15) is 48.5 Å². The summed E-state index contributed by atoms with van der Waals surface area (Å²) in [6, 6.07) is 6.39. The quantitative estimate of drug-likeness (QED) is 0.722. The van der Waals surface area contributed by atoms with E-state index < -0.39 is 5.97 Å². The Labute approximate surface area is 124 Å². The first kappa shape index (κ1) is 15.4. The molecule has 0 bridgehead atoms. The van der Waals surface area contributed by atoms with Gasteiger partial charge in [-0.25, -0.2) is 9.59 Å². The molecule has 1 aliphatic carbocycles. The Bertz CT molecular complexity index is 524. The minimum Gasteiger partial charge on any atom is -0.478 e. The van der Waals surface area contributed by atoms with E-state index in [1.165, 1.54) is 18.9 Å². The zero-order valence-corrected chi connectivity index (χ0v) is 12.3. The van der Waals surface area contributed by atoms with Gasteiger partial charge in [0.1, 0.15) is 0 Å². The molecule has 1 fully saturated rings. The first-order valence-corrected chi connectivity index (χ1v) is 7.39. The molecule has 0 saturated heterocycles. The lowest BCUT2D eigenvalue weighted by atomic mass is 10.0. The summed E-state index contributed by atoms with van der Waals surface area (Å²) < 4.78 is 0. The van der Waals surface area contributed by atoms with Gasteiger partial charge in [-0.1, -0.05) is 25.5 Å². The van der Waals surface area contributed by atoms with E-state index in [-0.39, 0.29) is 11.6 Å². The molecule has 1 aromatic rings. The van der Waals surface area contributed by atoms with Crippen molar-refractivity contribution in [1.82, 2.24) is 10.6 Å². The highest BCUT2D eigenvalue weighted by atomic mass is 16.4. The van der Waals surface area contributed by atoms with Crippen molar-refractivity contribution < 1.29 is 14.7 Å². The average molecular weight is 290 g/mol. The van der Waals surface area contributed by atoms with Gasteiger partial charge in [-0.05, 0) is 42.4 Å². The second-order valence-corrected chi connectivity index (χ2v) is 5.79. The molecule has 0 spiro atoms. The summed E-state index contributed by atoms with van der Waals surface area (Å²) in [5.74, 6) is -0.962. The van der Waals surface area contributed by atoms with Gasteiger partial charge in [0.05, 0.1) is 5.56 Å². The van der Waals surface area contributed by atoms with E-state index in [0.717, 1.165) is 24.9 Å². The number of hydrogen-bond acceptors (Lipinski definition) is 2. The Morgan fingerprint density at radius 1 is 1.29 bits per heavy atom. The Balaban J connectivity index is 1.76. The Morgan fingerprint density at radius 2 is 2.05 bits per heavy atom. The van der Waals surface area contributed by atoms with Crippen LogP contribution in [0, 0.1) is 5.41 Å². The van der Waals surface area contributed by atoms with Gasteiger partial charge in [0, 0.05) is 13.1 Å². The highest BCUT2D eigenvalue weighted by Gasteiger charge is 2.41. The molecule has 2 rings (SSSR count). The summed E-state index contributed by atoms with van der Waals surface area (Å²) in [5, 5.41) is 14.6. The van der Waals surface area contributed by atoms with Gasteiger partial charge in [0.25, 0.3) is 0 Å². The predicted octanol–water partition coefficient (Wildman–Crippen LogP) is 2.76. The molecule has 114 valence electrons. The van der Waals surface area contributed by atoms with Crippen molar-refractivity contribution in [3.63, 3.8) is 0 Å². The standard InChI is InChI=1S/C16H22N2O3/c1-2-6-16(7-8-16)11-18-15(21)17-10-12-4-3-5-13(9-12)14(19)20/h3-5,9H,2,6-8,10-11H2,1H3,(H,19,20)(H2,17,18,21). The smallest absolute Gasteiger partial charge is 0.335 e. The molecule has 21 heavy (non-hydrogen) atoms. The van der Waals surface area contributed by atoms with E-state index in [4.69, 9.17) is 5.11 Å². The van der Waals surface area contributed by atoms with Crippen molar-refractivity contribution >= 4 is 12.0 Å². The Kier molecular flexibility index (Phi) is 4.83. The van der Waals surface area contributed by atoms with Crippen molar-refractivity contribution in [2.45, 2.75) is 39.2 Å². The number of nitrogens with one attached hydrogen (secondary N) is 2. The molecule has 3 N–H and O–H groups in total. The summed E-state index contributed by atoms with van der Waals surface area (Å²) in [5.41, 5.74) is 1.34. The number of carbonyl (C=O) groups is 2. The third kappa shape index (κ3) is 4.48. The molecule has 5 nitrogen and oxygen atoms in total. The fourth-order valence-electron chi connectivity index (χ4n) is 2.55. The lowest BCUT2D eigenvalue weighted by Gasteiger charge is -2.15. The molecule has 0 aliphatic heterocycles. The van der Waals surface area contributed by atoms with Crippen molar-refractivity contribution in [3.8, 4) is 0 Å². The van der Waals surface area contributed by atoms with Crippen LogP contribution in [0.2, 0.25) is 0 Å². The highest BCUT2D eigenvalue weighted by molar-refractivity contribution is 5.87. The molecule has 1 saturated carbocycles. The van der Waals surface area contributed by atoms with Gasteiger partial charge in [-0.15, -0.1) is 0 Å². The van der Waals surface area contributed by atoms with E-state index in [2.05, 4.69) is 17.6 Å². The molecule has 0 atom stereocenters. The van der Waals surface area contributed by atoms with Crippen LogP contribution in [0.5, 0.6) is 0 Å². The normalized spacial score (nSPS) is 15.3. The van der Waals surface area contributed by atoms with E-state index in [9.17, 15) is 9.59 Å². The van der Waals surface area contributed by atoms with Crippen LogP contribution in [0.4, 0.5) is 4.79 Å². The van der Waals surface area contributed by atoms with E-state index >= 15 is 0 Å². The number of aromatic carboxylic acids is 1. The van der Waals surface area contributed by atoms with Gasteiger partial charge in [0.15, 0.2) is 0 Å².